The van der Waals surface area contributed by atoms with Gasteiger partial charge >= 0.3 is 0 Å². The van der Waals surface area contributed by atoms with Crippen LogP contribution in [-0.4, -0.2) is 42.5 Å². The number of hydrogen-bond donors (Lipinski definition) is 0. The summed E-state index contributed by atoms with van der Waals surface area (Å²) in [6.45, 7) is 11.1. The highest BCUT2D eigenvalue weighted by molar-refractivity contribution is 6.76. The zero-order valence-electron chi connectivity index (χ0n) is 22.9. The first kappa shape index (κ1) is 26.4. The molecule has 5 nitrogen and oxygen atoms in total. The van der Waals surface area contributed by atoms with Crippen molar-refractivity contribution in [2.24, 2.45) is 0 Å². The van der Waals surface area contributed by atoms with Crippen LogP contribution < -0.4 is 0 Å². The molecule has 6 heteroatoms. The summed E-state index contributed by atoms with van der Waals surface area (Å²) >= 11 is 0. The molecular formula is C32H38N4OSi. The monoisotopic (exact) mass is 522 g/mol. The van der Waals surface area contributed by atoms with Crippen LogP contribution in [0.15, 0.2) is 79.0 Å². The maximum atomic E-state index is 10.3. The molecule has 5 rings (SSSR count). The van der Waals surface area contributed by atoms with E-state index in [-0.39, 0.29) is 5.41 Å². The smallest absolute Gasteiger partial charge is 0.139 e. The number of nitrogens with zero attached hydrogens (tertiary/aromatic N) is 4. The molecule has 0 aliphatic carbocycles. The number of rotatable bonds is 10. The van der Waals surface area contributed by atoms with E-state index in [1.807, 2.05) is 16.9 Å². The zero-order valence-corrected chi connectivity index (χ0v) is 23.9. The van der Waals surface area contributed by atoms with Crippen LogP contribution in [0.4, 0.5) is 0 Å². The Bertz CT molecular complexity index is 1400. The molecule has 1 fully saturated rings. The largest absolute Gasteiger partial charge is 0.360 e. The third-order valence-corrected chi connectivity index (χ3v) is 9.45. The summed E-state index contributed by atoms with van der Waals surface area (Å²) in [5, 5.41) is 16.0. The van der Waals surface area contributed by atoms with Gasteiger partial charge in [0.2, 0.25) is 0 Å². The molecule has 0 bridgehead atoms. The van der Waals surface area contributed by atoms with Crippen molar-refractivity contribution in [3.63, 3.8) is 0 Å². The number of hydrogen-bond acceptors (Lipinski definition) is 4. The summed E-state index contributed by atoms with van der Waals surface area (Å²) in [7, 11) is -1.14. The van der Waals surface area contributed by atoms with Crippen molar-refractivity contribution >= 4 is 19.0 Å². The standard InChI is InChI=1S/C32H38N4OSi/c1-38(2,3)17-16-37-25-36-31-19-28(21-33)30(18-29(31)22-34-36)32(20-26-10-6-4-7-11-26)14-15-35(24-32)23-27-12-8-5-9-13-27/h4-13,18-19,22H,14-17,20,23-25H2,1-3H3. The highest BCUT2D eigenvalue weighted by Crippen LogP contribution is 2.41. The van der Waals surface area contributed by atoms with E-state index >= 15 is 0 Å². The molecule has 0 saturated carbocycles. The normalized spacial score (nSPS) is 18.2. The Morgan fingerprint density at radius 1 is 1.00 bits per heavy atom. The van der Waals surface area contributed by atoms with Gasteiger partial charge in [0.15, 0.2) is 0 Å². The zero-order chi connectivity index (χ0) is 26.6. The van der Waals surface area contributed by atoms with Crippen LogP contribution in [0.25, 0.3) is 10.9 Å². The molecule has 0 spiro atoms. The molecule has 38 heavy (non-hydrogen) atoms. The maximum Gasteiger partial charge on any atom is 0.139 e. The van der Waals surface area contributed by atoms with Gasteiger partial charge in [-0.05, 0) is 54.3 Å². The molecule has 4 aromatic rings. The van der Waals surface area contributed by atoms with Crippen LogP contribution in [0.3, 0.4) is 0 Å². The van der Waals surface area contributed by atoms with Gasteiger partial charge in [-0.15, -0.1) is 0 Å². The van der Waals surface area contributed by atoms with Crippen LogP contribution >= 0.6 is 0 Å². The summed E-state index contributed by atoms with van der Waals surface area (Å²) in [6, 6.07) is 29.3. The fourth-order valence-electron chi connectivity index (χ4n) is 5.67. The van der Waals surface area contributed by atoms with Gasteiger partial charge in [0.25, 0.3) is 0 Å². The van der Waals surface area contributed by atoms with Gasteiger partial charge in [-0.2, -0.15) is 10.4 Å². The molecule has 1 saturated heterocycles. The fourth-order valence-corrected chi connectivity index (χ4v) is 6.43. The van der Waals surface area contributed by atoms with E-state index in [1.165, 1.54) is 11.1 Å². The molecule has 1 aliphatic heterocycles. The molecule has 0 N–H and O–H groups in total. The first-order valence-electron chi connectivity index (χ1n) is 13.6. The average Bonchev–Trinajstić information content (AvgIpc) is 3.50. The lowest BCUT2D eigenvalue weighted by Gasteiger charge is -2.32. The molecule has 1 unspecified atom stereocenters. The van der Waals surface area contributed by atoms with E-state index in [0.717, 1.165) is 67.2 Å². The van der Waals surface area contributed by atoms with E-state index in [1.54, 1.807) is 0 Å². The van der Waals surface area contributed by atoms with Gasteiger partial charge in [-0.25, -0.2) is 4.68 Å². The van der Waals surface area contributed by atoms with E-state index in [0.29, 0.717) is 6.73 Å². The van der Waals surface area contributed by atoms with Crippen molar-refractivity contribution in [2.75, 3.05) is 19.7 Å². The minimum atomic E-state index is -1.14. The van der Waals surface area contributed by atoms with Crippen molar-refractivity contribution in [3.05, 3.63) is 101 Å². The van der Waals surface area contributed by atoms with Gasteiger partial charge in [0.05, 0.1) is 23.3 Å². The summed E-state index contributed by atoms with van der Waals surface area (Å²) in [5.41, 5.74) is 5.36. The summed E-state index contributed by atoms with van der Waals surface area (Å²) in [4.78, 5) is 2.54. The molecule has 0 amide bonds. The Hall–Kier alpha value is -3.24. The Morgan fingerprint density at radius 3 is 2.39 bits per heavy atom. The van der Waals surface area contributed by atoms with Crippen molar-refractivity contribution in [1.29, 1.82) is 5.26 Å². The topological polar surface area (TPSA) is 54.1 Å². The average molecular weight is 523 g/mol. The Kier molecular flexibility index (Phi) is 7.80. The lowest BCUT2D eigenvalue weighted by atomic mass is 9.73. The summed E-state index contributed by atoms with van der Waals surface area (Å²) in [5.74, 6) is 0. The highest BCUT2D eigenvalue weighted by atomic mass is 28.3. The molecule has 1 aliphatic rings. The van der Waals surface area contributed by atoms with Crippen molar-refractivity contribution in [1.82, 2.24) is 14.7 Å². The Morgan fingerprint density at radius 2 is 1.71 bits per heavy atom. The predicted octanol–water partition coefficient (Wildman–Crippen LogP) is 6.61. The Balaban J connectivity index is 1.45. The third kappa shape index (κ3) is 6.07. The first-order chi connectivity index (χ1) is 18.4. The van der Waals surface area contributed by atoms with Crippen LogP contribution in [0.1, 0.15) is 28.7 Å². The van der Waals surface area contributed by atoms with Crippen molar-refractivity contribution in [3.8, 4) is 6.07 Å². The van der Waals surface area contributed by atoms with E-state index in [2.05, 4.69) is 102 Å². The maximum absolute atomic E-state index is 10.3. The summed E-state index contributed by atoms with van der Waals surface area (Å²) < 4.78 is 7.87. The van der Waals surface area contributed by atoms with Gasteiger partial charge in [0, 0.05) is 38.6 Å². The second-order valence-electron chi connectivity index (χ2n) is 11.9. The minimum absolute atomic E-state index is 0.134. The number of aromatic nitrogens is 2. The van der Waals surface area contributed by atoms with Gasteiger partial charge in [-0.1, -0.05) is 80.3 Å². The third-order valence-electron chi connectivity index (χ3n) is 7.75. The number of fused-ring (bicyclic) bond motifs is 1. The predicted molar refractivity (Wildman–Crippen MR) is 157 cm³/mol. The van der Waals surface area contributed by atoms with Crippen LogP contribution in [0, 0.1) is 11.3 Å². The molecule has 2 heterocycles. The van der Waals surface area contributed by atoms with E-state index in [4.69, 9.17) is 4.74 Å². The molecule has 0 radical (unpaired) electrons. The quantitative estimate of drug-likeness (QED) is 0.174. The minimum Gasteiger partial charge on any atom is -0.360 e. The van der Waals surface area contributed by atoms with Gasteiger partial charge in [0.1, 0.15) is 6.73 Å². The molecule has 196 valence electrons. The summed E-state index contributed by atoms with van der Waals surface area (Å²) in [6.07, 6.45) is 3.85. The second kappa shape index (κ2) is 11.2. The lowest BCUT2D eigenvalue weighted by Crippen LogP contribution is -2.34. The van der Waals surface area contributed by atoms with Crippen LogP contribution in [0.5, 0.6) is 0 Å². The first-order valence-corrected chi connectivity index (χ1v) is 17.3. The van der Waals surface area contributed by atoms with Crippen LogP contribution in [0.2, 0.25) is 25.7 Å². The lowest BCUT2D eigenvalue weighted by molar-refractivity contribution is 0.0817. The second-order valence-corrected chi connectivity index (χ2v) is 17.6. The van der Waals surface area contributed by atoms with Gasteiger partial charge < -0.3 is 4.74 Å². The van der Waals surface area contributed by atoms with Gasteiger partial charge in [-0.3, -0.25) is 4.90 Å². The van der Waals surface area contributed by atoms with E-state index in [9.17, 15) is 5.26 Å². The molecule has 3 aromatic carbocycles. The number of nitriles is 1. The number of benzene rings is 3. The number of likely N-dealkylation sites (tertiary alicyclic amines) is 1. The van der Waals surface area contributed by atoms with Crippen molar-refractivity contribution < 1.29 is 4.74 Å². The Labute approximate surface area is 227 Å². The van der Waals surface area contributed by atoms with Crippen molar-refractivity contribution in [2.45, 2.75) is 57.2 Å². The molecule has 1 atom stereocenters. The highest BCUT2D eigenvalue weighted by Gasteiger charge is 2.41. The van der Waals surface area contributed by atoms with Crippen LogP contribution in [-0.2, 0) is 29.8 Å². The number of ether oxygens (including phenoxy) is 1. The molecule has 1 aromatic heterocycles. The SMILES string of the molecule is C[Si](C)(C)CCOCn1ncc2cc(C3(Cc4ccccc4)CCN(Cc4ccccc4)C3)c(C#N)cc21. The molecular weight excluding hydrogens is 484 g/mol. The van der Waals surface area contributed by atoms with E-state index < -0.39 is 8.07 Å². The fraction of sp³-hybridized carbons (Fsp3) is 0.375.